The monoisotopic (exact) mass is 482 g/mol. The highest BCUT2D eigenvalue weighted by Crippen LogP contribution is 2.51. The molecule has 0 saturated carbocycles. The first kappa shape index (κ1) is 22.1. The Balaban J connectivity index is 1.46. The molecule has 0 amide bonds. The number of nitrogens with zero attached hydrogens (tertiary/aromatic N) is 3. The predicted octanol–water partition coefficient (Wildman–Crippen LogP) is 5.30. The van der Waals surface area contributed by atoms with E-state index in [1.54, 1.807) is 18.2 Å². The fourth-order valence-electron chi connectivity index (χ4n) is 5.28. The normalized spacial score (nSPS) is 19.0. The molecule has 1 aromatic heterocycles. The first-order chi connectivity index (χ1) is 15.8. The van der Waals surface area contributed by atoms with Crippen LogP contribution in [0.2, 0.25) is 10.0 Å². The number of nitrogens with two attached hydrogens (primary N) is 1. The lowest BCUT2D eigenvalue weighted by Crippen LogP contribution is -2.45. The van der Waals surface area contributed by atoms with E-state index in [9.17, 15) is 9.90 Å². The third kappa shape index (κ3) is 3.66. The molecule has 1 atom stereocenters. The van der Waals surface area contributed by atoms with E-state index >= 15 is 0 Å². The fourth-order valence-corrected chi connectivity index (χ4v) is 5.67. The molecule has 170 valence electrons. The molecule has 1 spiro atoms. The summed E-state index contributed by atoms with van der Waals surface area (Å²) in [5.74, 6) is -0.733. The Morgan fingerprint density at radius 1 is 1.12 bits per heavy atom. The largest absolute Gasteiger partial charge is 0.476 e. The summed E-state index contributed by atoms with van der Waals surface area (Å²) >= 11 is 12.5. The summed E-state index contributed by atoms with van der Waals surface area (Å²) in [5, 5.41) is 10.6. The molecule has 1 aliphatic carbocycles. The number of piperidine rings is 1. The molecular weight excluding hydrogens is 459 g/mol. The van der Waals surface area contributed by atoms with Gasteiger partial charge < -0.3 is 15.7 Å². The number of hydrogen-bond acceptors (Lipinski definition) is 5. The van der Waals surface area contributed by atoms with Crippen LogP contribution in [0, 0.1) is 12.3 Å². The molecule has 8 heteroatoms. The van der Waals surface area contributed by atoms with Crippen LogP contribution in [0.15, 0.2) is 42.5 Å². The highest BCUT2D eigenvalue weighted by atomic mass is 35.5. The summed E-state index contributed by atoms with van der Waals surface area (Å²) in [6, 6.07) is 13.6. The van der Waals surface area contributed by atoms with E-state index in [0.29, 0.717) is 45.9 Å². The van der Waals surface area contributed by atoms with Crippen molar-refractivity contribution in [2.45, 2.75) is 32.2 Å². The average molecular weight is 483 g/mol. The predicted molar refractivity (Wildman–Crippen MR) is 130 cm³/mol. The number of anilines is 1. The third-order valence-electron chi connectivity index (χ3n) is 7.11. The first-order valence-electron chi connectivity index (χ1n) is 11.0. The van der Waals surface area contributed by atoms with Gasteiger partial charge in [0.15, 0.2) is 11.5 Å². The van der Waals surface area contributed by atoms with Crippen LogP contribution in [0.25, 0.3) is 11.3 Å². The van der Waals surface area contributed by atoms with Gasteiger partial charge in [0.25, 0.3) is 0 Å². The van der Waals surface area contributed by atoms with Crippen molar-refractivity contribution in [3.8, 4) is 11.3 Å². The minimum atomic E-state index is -1.12. The van der Waals surface area contributed by atoms with Gasteiger partial charge in [-0.2, -0.15) is 0 Å². The number of fused-ring (bicyclic) bond motifs is 1. The summed E-state index contributed by atoms with van der Waals surface area (Å²) in [6.07, 6.45) is 2.69. The number of hydrogen-bond donors (Lipinski definition) is 2. The smallest absolute Gasteiger partial charge is 0.358 e. The van der Waals surface area contributed by atoms with E-state index in [1.807, 2.05) is 17.9 Å². The van der Waals surface area contributed by atoms with Crippen LogP contribution in [0.5, 0.6) is 0 Å². The van der Waals surface area contributed by atoms with Crippen molar-refractivity contribution < 1.29 is 9.90 Å². The Hall–Kier alpha value is -2.67. The second-order valence-corrected chi connectivity index (χ2v) is 9.72. The molecule has 33 heavy (non-hydrogen) atoms. The Morgan fingerprint density at radius 3 is 2.55 bits per heavy atom. The van der Waals surface area contributed by atoms with Crippen LogP contribution >= 0.6 is 23.2 Å². The van der Waals surface area contributed by atoms with Gasteiger partial charge in [-0.3, -0.25) is 0 Å². The van der Waals surface area contributed by atoms with E-state index in [2.05, 4.69) is 28.2 Å². The zero-order chi connectivity index (χ0) is 23.3. The Bertz CT molecular complexity index is 1260. The minimum Gasteiger partial charge on any atom is -0.476 e. The van der Waals surface area contributed by atoms with E-state index in [-0.39, 0.29) is 17.2 Å². The molecule has 1 fully saturated rings. The molecule has 0 unspecified atom stereocenters. The van der Waals surface area contributed by atoms with Crippen LogP contribution in [-0.2, 0) is 6.42 Å². The molecule has 0 bridgehead atoms. The van der Waals surface area contributed by atoms with Gasteiger partial charge in [0, 0.05) is 24.7 Å². The van der Waals surface area contributed by atoms with Crippen molar-refractivity contribution in [3.63, 3.8) is 0 Å². The Kier molecular flexibility index (Phi) is 5.55. The van der Waals surface area contributed by atoms with Crippen LogP contribution in [0.3, 0.4) is 0 Å². The molecule has 1 saturated heterocycles. The molecule has 6 nitrogen and oxygen atoms in total. The second-order valence-electron chi connectivity index (χ2n) is 8.94. The number of carboxylic acid groups (broad SMARTS) is 1. The molecule has 2 heterocycles. The SMILES string of the molecule is Cc1nc(N2CCC3(CC2)Cc2ccccc2[C@H]3N)c(C(=O)O)nc1-c1cccc(Cl)c1Cl. The molecule has 1 aliphatic heterocycles. The number of aromatic nitrogens is 2. The molecule has 3 N–H and O–H groups in total. The number of carboxylic acids is 1. The highest BCUT2D eigenvalue weighted by molar-refractivity contribution is 6.43. The van der Waals surface area contributed by atoms with Crippen LogP contribution in [-0.4, -0.2) is 34.1 Å². The zero-order valence-electron chi connectivity index (χ0n) is 18.2. The van der Waals surface area contributed by atoms with Gasteiger partial charge >= 0.3 is 5.97 Å². The maximum atomic E-state index is 12.2. The Morgan fingerprint density at radius 2 is 1.85 bits per heavy atom. The van der Waals surface area contributed by atoms with Crippen LogP contribution in [0.1, 0.15) is 46.2 Å². The summed E-state index contributed by atoms with van der Waals surface area (Å²) in [6.45, 7) is 3.16. The topological polar surface area (TPSA) is 92.3 Å². The lowest BCUT2D eigenvalue weighted by atomic mass is 9.73. The summed E-state index contributed by atoms with van der Waals surface area (Å²) in [7, 11) is 0. The zero-order valence-corrected chi connectivity index (χ0v) is 19.7. The Labute approximate surface area is 202 Å². The maximum Gasteiger partial charge on any atom is 0.358 e. The molecular formula is C25H24Cl2N4O2. The molecule has 5 rings (SSSR count). The fraction of sp³-hybridized carbons (Fsp3) is 0.320. The van der Waals surface area contributed by atoms with Gasteiger partial charge in [0.2, 0.25) is 0 Å². The van der Waals surface area contributed by atoms with Crippen LogP contribution < -0.4 is 10.6 Å². The number of carbonyl (C=O) groups is 1. The van der Waals surface area contributed by atoms with Gasteiger partial charge in [-0.05, 0) is 48.8 Å². The minimum absolute atomic E-state index is 0.000298. The second kappa shape index (κ2) is 8.28. The van der Waals surface area contributed by atoms with E-state index in [4.69, 9.17) is 28.9 Å². The number of benzene rings is 2. The van der Waals surface area contributed by atoms with Crippen molar-refractivity contribution >= 4 is 35.0 Å². The summed E-state index contributed by atoms with van der Waals surface area (Å²) in [5.41, 5.74) is 10.8. The number of aryl methyl sites for hydroxylation is 1. The quantitative estimate of drug-likeness (QED) is 0.525. The highest BCUT2D eigenvalue weighted by Gasteiger charge is 2.46. The van der Waals surface area contributed by atoms with Crippen molar-refractivity contribution in [3.05, 3.63) is 75.0 Å². The van der Waals surface area contributed by atoms with Crippen molar-refractivity contribution in [1.29, 1.82) is 0 Å². The van der Waals surface area contributed by atoms with Gasteiger partial charge in [-0.1, -0.05) is 59.6 Å². The van der Waals surface area contributed by atoms with E-state index < -0.39 is 5.97 Å². The summed E-state index contributed by atoms with van der Waals surface area (Å²) < 4.78 is 0. The van der Waals surface area contributed by atoms with Crippen LogP contribution in [0.4, 0.5) is 5.82 Å². The molecule has 0 radical (unpaired) electrons. The summed E-state index contributed by atoms with van der Waals surface area (Å²) in [4.78, 5) is 23.3. The number of halogens is 2. The lowest BCUT2D eigenvalue weighted by molar-refractivity contribution is 0.0690. The van der Waals surface area contributed by atoms with Crippen molar-refractivity contribution in [2.75, 3.05) is 18.0 Å². The van der Waals surface area contributed by atoms with E-state index in [0.717, 1.165) is 19.3 Å². The lowest BCUT2D eigenvalue weighted by Gasteiger charge is -2.42. The van der Waals surface area contributed by atoms with Gasteiger partial charge in [-0.15, -0.1) is 0 Å². The van der Waals surface area contributed by atoms with Gasteiger partial charge in [0.1, 0.15) is 0 Å². The van der Waals surface area contributed by atoms with Crippen molar-refractivity contribution in [1.82, 2.24) is 9.97 Å². The number of rotatable bonds is 3. The first-order valence-corrected chi connectivity index (χ1v) is 11.7. The standard InChI is InChI=1S/C25H24Cl2N4O2/c1-14-20(17-7-4-8-18(26)19(17)27)30-21(24(32)33)23(29-14)31-11-9-25(10-12-31)13-15-5-2-3-6-16(15)22(25)28/h2-8,22H,9-13,28H2,1H3,(H,32,33)/t22-/m1/s1. The average Bonchev–Trinajstić information content (AvgIpc) is 3.07. The molecule has 2 aromatic carbocycles. The maximum absolute atomic E-state index is 12.2. The third-order valence-corrected chi connectivity index (χ3v) is 7.93. The van der Waals surface area contributed by atoms with Crippen molar-refractivity contribution in [2.24, 2.45) is 11.1 Å². The number of aromatic carboxylic acids is 1. The molecule has 2 aliphatic rings. The molecule has 3 aromatic rings. The van der Waals surface area contributed by atoms with Gasteiger partial charge in [-0.25, -0.2) is 14.8 Å². The van der Waals surface area contributed by atoms with E-state index in [1.165, 1.54) is 11.1 Å². The van der Waals surface area contributed by atoms with Gasteiger partial charge in [0.05, 0.1) is 21.4 Å².